The average molecular weight is 517 g/mol. The number of alkyl carbamates (subject to hydrolysis) is 1. The number of aromatic nitrogens is 1. The predicted octanol–water partition coefficient (Wildman–Crippen LogP) is 4.13. The van der Waals surface area contributed by atoms with Crippen LogP contribution in [0.5, 0.6) is 0 Å². The minimum absolute atomic E-state index is 0.160. The fourth-order valence-electron chi connectivity index (χ4n) is 3.06. The zero-order chi connectivity index (χ0) is 25.2. The standard InChI is InChI=1S/C24H25FN4O4S2/c1-3-11-33-23(32)26-10-12-34-24-29-19-9-8-18(14-21(19)35-24)28-22(31)20(27-15(2)30)13-16-4-6-17(25)7-5-16/h3-9,14,20H,1,10-13H2,2H3,(H,26,32)(H,27,30)(H,28,31). The molecule has 3 amide bonds. The zero-order valence-corrected chi connectivity index (χ0v) is 20.6. The van der Waals surface area contributed by atoms with Crippen molar-refractivity contribution >= 4 is 56.9 Å². The zero-order valence-electron chi connectivity index (χ0n) is 19.0. The SMILES string of the molecule is C=CCOC(=O)NCCSc1nc2ccc(NC(=O)C(Cc3ccc(F)cc3)NC(C)=O)cc2s1. The van der Waals surface area contributed by atoms with E-state index >= 15 is 0 Å². The number of nitrogens with zero attached hydrogens (tertiary/aromatic N) is 1. The molecule has 0 saturated heterocycles. The molecule has 3 N–H and O–H groups in total. The molecular formula is C24H25FN4O4S2. The van der Waals surface area contributed by atoms with E-state index < -0.39 is 12.1 Å². The van der Waals surface area contributed by atoms with Crippen molar-refractivity contribution in [1.82, 2.24) is 15.6 Å². The Labute approximate surface area is 210 Å². The van der Waals surface area contributed by atoms with E-state index in [0.29, 0.717) is 18.0 Å². The van der Waals surface area contributed by atoms with E-state index in [2.05, 4.69) is 27.5 Å². The van der Waals surface area contributed by atoms with Gasteiger partial charge in [0.1, 0.15) is 18.5 Å². The first-order valence-electron chi connectivity index (χ1n) is 10.7. The minimum atomic E-state index is -0.813. The van der Waals surface area contributed by atoms with E-state index in [-0.39, 0.29) is 30.7 Å². The highest BCUT2D eigenvalue weighted by Crippen LogP contribution is 2.31. The number of thiazole rings is 1. The van der Waals surface area contributed by atoms with Crippen LogP contribution < -0.4 is 16.0 Å². The maximum absolute atomic E-state index is 13.2. The molecule has 0 aliphatic carbocycles. The molecule has 3 rings (SSSR count). The van der Waals surface area contributed by atoms with Gasteiger partial charge in [-0.3, -0.25) is 9.59 Å². The van der Waals surface area contributed by atoms with E-state index in [4.69, 9.17) is 4.74 Å². The molecule has 0 saturated carbocycles. The molecule has 2 aromatic carbocycles. The number of benzene rings is 2. The summed E-state index contributed by atoms with van der Waals surface area (Å²) in [4.78, 5) is 40.5. The molecule has 3 aromatic rings. The van der Waals surface area contributed by atoms with Crippen molar-refractivity contribution in [2.45, 2.75) is 23.7 Å². The highest BCUT2D eigenvalue weighted by atomic mass is 32.2. The maximum atomic E-state index is 13.2. The van der Waals surface area contributed by atoms with Gasteiger partial charge < -0.3 is 20.7 Å². The van der Waals surface area contributed by atoms with Gasteiger partial charge in [-0.05, 0) is 35.9 Å². The molecule has 0 bridgehead atoms. The second-order valence-corrected chi connectivity index (χ2v) is 9.77. The molecule has 35 heavy (non-hydrogen) atoms. The van der Waals surface area contributed by atoms with Gasteiger partial charge in [0.05, 0.1) is 10.2 Å². The van der Waals surface area contributed by atoms with E-state index in [0.717, 1.165) is 20.1 Å². The first-order valence-corrected chi connectivity index (χ1v) is 12.5. The van der Waals surface area contributed by atoms with Crippen molar-refractivity contribution in [3.05, 3.63) is 66.5 Å². The molecule has 0 aliphatic rings. The van der Waals surface area contributed by atoms with Gasteiger partial charge in [0.15, 0.2) is 4.34 Å². The summed E-state index contributed by atoms with van der Waals surface area (Å²) < 4.78 is 19.8. The second-order valence-electron chi connectivity index (χ2n) is 7.40. The third-order valence-corrected chi connectivity index (χ3v) is 6.78. The molecule has 0 fully saturated rings. The average Bonchev–Trinajstić information content (AvgIpc) is 3.23. The summed E-state index contributed by atoms with van der Waals surface area (Å²) in [6, 6.07) is 10.4. The Morgan fingerprint density at radius 3 is 2.71 bits per heavy atom. The van der Waals surface area contributed by atoms with Gasteiger partial charge in [0.25, 0.3) is 0 Å². The van der Waals surface area contributed by atoms with Crippen molar-refractivity contribution in [1.29, 1.82) is 0 Å². The van der Waals surface area contributed by atoms with E-state index in [1.54, 1.807) is 18.2 Å². The number of amides is 3. The number of thioether (sulfide) groups is 1. The minimum Gasteiger partial charge on any atom is -0.445 e. The number of nitrogens with one attached hydrogen (secondary N) is 3. The predicted molar refractivity (Wildman–Crippen MR) is 136 cm³/mol. The molecule has 1 aromatic heterocycles. The van der Waals surface area contributed by atoms with Crippen LogP contribution in [0.1, 0.15) is 12.5 Å². The van der Waals surface area contributed by atoms with E-state index in [9.17, 15) is 18.8 Å². The molecule has 0 spiro atoms. The van der Waals surface area contributed by atoms with Crippen LogP contribution in [0.25, 0.3) is 10.2 Å². The van der Waals surface area contributed by atoms with Crippen molar-refractivity contribution in [3.8, 4) is 0 Å². The van der Waals surface area contributed by atoms with Crippen LogP contribution in [0.2, 0.25) is 0 Å². The maximum Gasteiger partial charge on any atom is 0.407 e. The van der Waals surface area contributed by atoms with E-state index in [1.165, 1.54) is 48.2 Å². The second kappa shape index (κ2) is 12.9. The normalized spacial score (nSPS) is 11.5. The summed E-state index contributed by atoms with van der Waals surface area (Å²) in [5, 5.41) is 8.14. The number of halogens is 1. The molecule has 184 valence electrons. The molecule has 1 atom stereocenters. The van der Waals surface area contributed by atoms with Gasteiger partial charge in [0, 0.05) is 31.3 Å². The Hall–Kier alpha value is -3.44. The molecule has 0 radical (unpaired) electrons. The third-order valence-electron chi connectivity index (χ3n) is 4.61. The summed E-state index contributed by atoms with van der Waals surface area (Å²) in [6.07, 6.45) is 1.23. The molecular weight excluding hydrogens is 491 g/mol. The summed E-state index contributed by atoms with van der Waals surface area (Å²) in [7, 11) is 0. The fourth-order valence-corrected chi connectivity index (χ4v) is 5.09. The Kier molecular flexibility index (Phi) is 9.62. The topological polar surface area (TPSA) is 109 Å². The molecule has 0 aliphatic heterocycles. The van der Waals surface area contributed by atoms with Crippen LogP contribution in [0, 0.1) is 5.82 Å². The summed E-state index contributed by atoms with van der Waals surface area (Å²) in [6.45, 7) is 5.41. The number of carbonyl (C=O) groups is 3. The number of rotatable bonds is 11. The third kappa shape index (κ3) is 8.37. The Bertz CT molecular complexity index is 1200. The smallest absolute Gasteiger partial charge is 0.407 e. The van der Waals surface area contributed by atoms with Crippen molar-refractivity contribution in [2.75, 3.05) is 24.2 Å². The van der Waals surface area contributed by atoms with Crippen molar-refractivity contribution < 1.29 is 23.5 Å². The van der Waals surface area contributed by atoms with Gasteiger partial charge in [-0.2, -0.15) is 0 Å². The van der Waals surface area contributed by atoms with Crippen LogP contribution >= 0.6 is 23.1 Å². The van der Waals surface area contributed by atoms with Crippen LogP contribution in [0.15, 0.2) is 59.5 Å². The lowest BCUT2D eigenvalue weighted by Crippen LogP contribution is -2.44. The molecule has 1 heterocycles. The van der Waals surface area contributed by atoms with Crippen molar-refractivity contribution in [3.63, 3.8) is 0 Å². The Morgan fingerprint density at radius 2 is 2.00 bits per heavy atom. The lowest BCUT2D eigenvalue weighted by Gasteiger charge is -2.18. The quantitative estimate of drug-likeness (QED) is 0.201. The summed E-state index contributed by atoms with van der Waals surface area (Å²) in [5.74, 6) is -0.464. The van der Waals surface area contributed by atoms with Crippen LogP contribution in [0.4, 0.5) is 14.9 Å². The monoisotopic (exact) mass is 516 g/mol. The molecule has 8 nitrogen and oxygen atoms in total. The number of hydrogen-bond donors (Lipinski definition) is 3. The van der Waals surface area contributed by atoms with E-state index in [1.807, 2.05) is 12.1 Å². The van der Waals surface area contributed by atoms with Crippen molar-refractivity contribution in [2.24, 2.45) is 0 Å². The number of fused-ring (bicyclic) bond motifs is 1. The van der Waals surface area contributed by atoms with Gasteiger partial charge in [0.2, 0.25) is 11.8 Å². The van der Waals surface area contributed by atoms with Gasteiger partial charge >= 0.3 is 6.09 Å². The lowest BCUT2D eigenvalue weighted by molar-refractivity contribution is -0.125. The van der Waals surface area contributed by atoms with Crippen LogP contribution in [0.3, 0.4) is 0 Å². The summed E-state index contributed by atoms with van der Waals surface area (Å²) >= 11 is 2.97. The highest BCUT2D eigenvalue weighted by molar-refractivity contribution is 8.01. The van der Waals surface area contributed by atoms with Crippen LogP contribution in [-0.4, -0.2) is 47.8 Å². The van der Waals surface area contributed by atoms with Gasteiger partial charge in [-0.1, -0.05) is 36.5 Å². The number of anilines is 1. The number of ether oxygens (including phenoxy) is 1. The van der Waals surface area contributed by atoms with Gasteiger partial charge in [-0.15, -0.1) is 11.3 Å². The largest absolute Gasteiger partial charge is 0.445 e. The Balaban J connectivity index is 1.59. The Morgan fingerprint density at radius 1 is 1.23 bits per heavy atom. The number of carbonyl (C=O) groups excluding carboxylic acids is 3. The first kappa shape index (κ1) is 26.2. The first-order chi connectivity index (χ1) is 16.8. The number of hydrogen-bond acceptors (Lipinski definition) is 7. The van der Waals surface area contributed by atoms with Crippen LogP contribution in [-0.2, 0) is 20.7 Å². The molecule has 1 unspecified atom stereocenters. The summed E-state index contributed by atoms with van der Waals surface area (Å²) in [5.41, 5.74) is 2.09. The lowest BCUT2D eigenvalue weighted by atomic mass is 10.0. The van der Waals surface area contributed by atoms with Gasteiger partial charge in [-0.25, -0.2) is 14.2 Å². The highest BCUT2D eigenvalue weighted by Gasteiger charge is 2.20. The molecule has 11 heteroatoms. The fraction of sp³-hybridized carbons (Fsp3) is 0.250.